The Bertz CT molecular complexity index is 589. The Labute approximate surface area is 110 Å². The van der Waals surface area contributed by atoms with Crippen LogP contribution in [0.25, 0.3) is 10.9 Å². The largest absolute Gasteiger partial charge is 0.469 e. The Kier molecular flexibility index (Phi) is 4.18. The minimum absolute atomic E-state index is 0.232. The first kappa shape index (κ1) is 13.1. The highest BCUT2D eigenvalue weighted by atomic mass is 16.5. The van der Waals surface area contributed by atoms with Gasteiger partial charge in [0.2, 0.25) is 5.91 Å². The molecule has 0 bridgehead atoms. The van der Waals surface area contributed by atoms with Crippen molar-refractivity contribution in [3.8, 4) is 0 Å². The number of hydrogen-bond donors (Lipinski definition) is 2. The molecule has 0 aliphatic heterocycles. The van der Waals surface area contributed by atoms with Crippen molar-refractivity contribution in [2.45, 2.75) is 12.8 Å². The Morgan fingerprint density at radius 1 is 1.32 bits per heavy atom. The van der Waals surface area contributed by atoms with Gasteiger partial charge in [0.05, 0.1) is 7.11 Å². The van der Waals surface area contributed by atoms with Crippen LogP contribution >= 0.6 is 0 Å². The van der Waals surface area contributed by atoms with Crippen molar-refractivity contribution in [2.75, 3.05) is 13.7 Å². The fourth-order valence-electron chi connectivity index (χ4n) is 1.94. The summed E-state index contributed by atoms with van der Waals surface area (Å²) >= 11 is 0. The summed E-state index contributed by atoms with van der Waals surface area (Å²) in [5.74, 6) is -0.837. The van der Waals surface area contributed by atoms with Gasteiger partial charge in [0, 0.05) is 23.6 Å². The third-order valence-electron chi connectivity index (χ3n) is 2.92. The molecular formula is C14H16N2O3. The summed E-state index contributed by atoms with van der Waals surface area (Å²) in [7, 11) is 1.27. The van der Waals surface area contributed by atoms with Gasteiger partial charge in [-0.1, -0.05) is 18.2 Å². The van der Waals surface area contributed by atoms with Crippen molar-refractivity contribution < 1.29 is 14.3 Å². The van der Waals surface area contributed by atoms with E-state index in [1.807, 2.05) is 30.5 Å². The first-order valence-corrected chi connectivity index (χ1v) is 6.09. The number of H-pyrrole nitrogens is 1. The number of benzene rings is 1. The lowest BCUT2D eigenvalue weighted by molar-refractivity contribution is -0.143. The summed E-state index contributed by atoms with van der Waals surface area (Å²) in [6, 6.07) is 8.00. The van der Waals surface area contributed by atoms with E-state index in [9.17, 15) is 9.59 Å². The number of fused-ring (bicyclic) bond motifs is 1. The van der Waals surface area contributed by atoms with Crippen LogP contribution in [0.3, 0.4) is 0 Å². The topological polar surface area (TPSA) is 71.2 Å². The third kappa shape index (κ3) is 3.34. The summed E-state index contributed by atoms with van der Waals surface area (Å²) in [4.78, 5) is 25.5. The minimum Gasteiger partial charge on any atom is -0.469 e. The normalized spacial score (nSPS) is 10.4. The van der Waals surface area contributed by atoms with Crippen molar-refractivity contribution in [3.63, 3.8) is 0 Å². The molecule has 1 heterocycles. The number of aromatic nitrogens is 1. The molecule has 19 heavy (non-hydrogen) atoms. The van der Waals surface area contributed by atoms with Crippen molar-refractivity contribution in [1.29, 1.82) is 0 Å². The zero-order valence-corrected chi connectivity index (χ0v) is 10.7. The predicted molar refractivity (Wildman–Crippen MR) is 71.6 cm³/mol. The Hall–Kier alpha value is -2.30. The quantitative estimate of drug-likeness (QED) is 0.630. The van der Waals surface area contributed by atoms with Crippen LogP contribution in [0.1, 0.15) is 12.0 Å². The maximum atomic E-state index is 11.4. The van der Waals surface area contributed by atoms with Crippen molar-refractivity contribution in [1.82, 2.24) is 10.3 Å². The van der Waals surface area contributed by atoms with Gasteiger partial charge < -0.3 is 15.0 Å². The molecular weight excluding hydrogens is 244 g/mol. The molecule has 5 heteroatoms. The second-order valence-electron chi connectivity index (χ2n) is 4.21. The smallest absolute Gasteiger partial charge is 0.315 e. The number of aromatic amines is 1. The molecule has 0 fully saturated rings. The van der Waals surface area contributed by atoms with E-state index in [-0.39, 0.29) is 12.3 Å². The van der Waals surface area contributed by atoms with Gasteiger partial charge in [-0.2, -0.15) is 0 Å². The first-order chi connectivity index (χ1) is 9.20. The average molecular weight is 260 g/mol. The number of hydrogen-bond acceptors (Lipinski definition) is 3. The zero-order chi connectivity index (χ0) is 13.7. The monoisotopic (exact) mass is 260 g/mol. The van der Waals surface area contributed by atoms with Gasteiger partial charge in [0.1, 0.15) is 6.42 Å². The van der Waals surface area contributed by atoms with Crippen LogP contribution in [0.5, 0.6) is 0 Å². The lowest BCUT2D eigenvalue weighted by Gasteiger charge is -2.03. The number of esters is 1. The van der Waals surface area contributed by atoms with Crippen molar-refractivity contribution in [3.05, 3.63) is 36.0 Å². The number of carbonyl (C=O) groups excluding carboxylic acids is 2. The molecule has 0 unspecified atom stereocenters. The van der Waals surface area contributed by atoms with Crippen LogP contribution < -0.4 is 5.32 Å². The number of nitrogens with one attached hydrogen (secondary N) is 2. The molecule has 0 saturated carbocycles. The third-order valence-corrected chi connectivity index (χ3v) is 2.92. The molecule has 0 saturated heterocycles. The van der Waals surface area contributed by atoms with Gasteiger partial charge in [-0.25, -0.2) is 0 Å². The number of carbonyl (C=O) groups is 2. The van der Waals surface area contributed by atoms with E-state index in [0.717, 1.165) is 22.9 Å². The molecule has 2 rings (SSSR count). The van der Waals surface area contributed by atoms with Crippen LogP contribution in [-0.2, 0) is 20.7 Å². The lowest BCUT2D eigenvalue weighted by atomic mass is 10.1. The molecule has 0 aliphatic carbocycles. The van der Waals surface area contributed by atoms with Gasteiger partial charge in [-0.3, -0.25) is 9.59 Å². The van der Waals surface area contributed by atoms with Crippen LogP contribution in [0.15, 0.2) is 30.5 Å². The van der Waals surface area contributed by atoms with Crippen molar-refractivity contribution in [2.24, 2.45) is 0 Å². The maximum absolute atomic E-state index is 11.4. The number of methoxy groups -OCH3 is 1. The van der Waals surface area contributed by atoms with Crippen LogP contribution in [0, 0.1) is 0 Å². The Morgan fingerprint density at radius 2 is 2.11 bits per heavy atom. The lowest BCUT2D eigenvalue weighted by Crippen LogP contribution is -2.28. The second kappa shape index (κ2) is 6.04. The molecule has 0 atom stereocenters. The summed E-state index contributed by atoms with van der Waals surface area (Å²) in [5, 5.41) is 3.85. The summed E-state index contributed by atoms with van der Waals surface area (Å²) in [5.41, 5.74) is 2.23. The van der Waals surface area contributed by atoms with E-state index in [2.05, 4.69) is 15.0 Å². The summed E-state index contributed by atoms with van der Waals surface area (Å²) < 4.78 is 4.43. The van der Waals surface area contributed by atoms with E-state index in [1.54, 1.807) is 0 Å². The van der Waals surface area contributed by atoms with Gasteiger partial charge in [-0.15, -0.1) is 0 Å². The van der Waals surface area contributed by atoms with Crippen LogP contribution in [0.4, 0.5) is 0 Å². The average Bonchev–Trinajstić information content (AvgIpc) is 2.82. The van der Waals surface area contributed by atoms with Gasteiger partial charge >= 0.3 is 5.97 Å². The van der Waals surface area contributed by atoms with E-state index in [4.69, 9.17) is 0 Å². The number of ether oxygens (including phenoxy) is 1. The first-order valence-electron chi connectivity index (χ1n) is 6.09. The summed E-state index contributed by atoms with van der Waals surface area (Å²) in [6.07, 6.45) is 2.43. The zero-order valence-electron chi connectivity index (χ0n) is 10.7. The van der Waals surface area contributed by atoms with Crippen LogP contribution in [0.2, 0.25) is 0 Å². The molecule has 2 N–H and O–H groups in total. The fraction of sp³-hybridized carbons (Fsp3) is 0.286. The van der Waals surface area contributed by atoms with Gasteiger partial charge in [0.25, 0.3) is 0 Å². The molecule has 0 spiro atoms. The molecule has 2 aromatic rings. The van der Waals surface area contributed by atoms with E-state index in [0.29, 0.717) is 6.54 Å². The SMILES string of the molecule is COC(=O)CC(=O)NCCc1c[nH]c2ccccc12. The predicted octanol–water partition coefficient (Wildman–Crippen LogP) is 1.39. The standard InChI is InChI=1S/C14H16N2O3/c1-19-14(18)8-13(17)15-7-6-10-9-16-12-5-3-2-4-11(10)12/h2-5,9,16H,6-8H2,1H3,(H,15,17). The second-order valence-corrected chi connectivity index (χ2v) is 4.21. The van der Waals surface area contributed by atoms with E-state index < -0.39 is 5.97 Å². The minimum atomic E-state index is -0.524. The number of amides is 1. The van der Waals surface area contributed by atoms with Gasteiger partial charge in [0.15, 0.2) is 0 Å². The molecule has 0 radical (unpaired) electrons. The maximum Gasteiger partial charge on any atom is 0.315 e. The fourth-order valence-corrected chi connectivity index (χ4v) is 1.94. The van der Waals surface area contributed by atoms with Gasteiger partial charge in [-0.05, 0) is 18.1 Å². The van der Waals surface area contributed by atoms with Crippen molar-refractivity contribution >= 4 is 22.8 Å². The highest BCUT2D eigenvalue weighted by molar-refractivity contribution is 5.94. The molecule has 100 valence electrons. The molecule has 1 aromatic carbocycles. The number of para-hydroxylation sites is 1. The highest BCUT2D eigenvalue weighted by Gasteiger charge is 2.09. The number of rotatable bonds is 5. The summed E-state index contributed by atoms with van der Waals surface area (Å²) in [6.45, 7) is 0.498. The highest BCUT2D eigenvalue weighted by Crippen LogP contribution is 2.17. The van der Waals surface area contributed by atoms with E-state index in [1.165, 1.54) is 7.11 Å². The molecule has 1 aromatic heterocycles. The Balaban J connectivity index is 1.86. The van der Waals surface area contributed by atoms with E-state index >= 15 is 0 Å². The van der Waals surface area contributed by atoms with Crippen LogP contribution in [-0.4, -0.2) is 30.5 Å². The Morgan fingerprint density at radius 3 is 2.89 bits per heavy atom. The molecule has 1 amide bonds. The molecule has 0 aliphatic rings. The molecule has 5 nitrogen and oxygen atoms in total.